The fourth-order valence-electron chi connectivity index (χ4n) is 2.10. The molecule has 2 atom stereocenters. The van der Waals surface area contributed by atoms with Crippen LogP contribution >= 0.6 is 0 Å². The number of nitrogens with zero attached hydrogens (tertiary/aromatic N) is 1. The first-order chi connectivity index (χ1) is 8.66. The Morgan fingerprint density at radius 1 is 1.32 bits per heavy atom. The van der Waals surface area contributed by atoms with Gasteiger partial charge < -0.3 is 9.84 Å². The summed E-state index contributed by atoms with van der Waals surface area (Å²) in [4.78, 5) is 0. The second-order valence-corrected chi connectivity index (χ2v) is 7.79. The van der Waals surface area contributed by atoms with Gasteiger partial charge in [0.05, 0.1) is 12.2 Å². The van der Waals surface area contributed by atoms with E-state index in [1.807, 2.05) is 27.7 Å². The van der Waals surface area contributed by atoms with Crippen molar-refractivity contribution in [3.8, 4) is 0 Å². The summed E-state index contributed by atoms with van der Waals surface area (Å²) in [6.07, 6.45) is 0.377. The third-order valence-electron chi connectivity index (χ3n) is 3.25. The molecule has 0 saturated carbocycles. The van der Waals surface area contributed by atoms with Crippen molar-refractivity contribution >= 4 is 10.2 Å². The fourth-order valence-corrected chi connectivity index (χ4v) is 3.66. The molecule has 114 valence electrons. The highest BCUT2D eigenvalue weighted by Gasteiger charge is 2.32. The number of ether oxygens (including phenoxy) is 1. The second kappa shape index (κ2) is 6.49. The summed E-state index contributed by atoms with van der Waals surface area (Å²) in [7, 11) is -3.48. The zero-order chi connectivity index (χ0) is 14.7. The van der Waals surface area contributed by atoms with Gasteiger partial charge in [-0.3, -0.25) is 0 Å². The third-order valence-corrected chi connectivity index (χ3v) is 4.73. The number of nitrogens with one attached hydrogen (secondary N) is 1. The molecule has 0 spiro atoms. The Morgan fingerprint density at radius 3 is 2.32 bits per heavy atom. The van der Waals surface area contributed by atoms with Crippen LogP contribution in [0.15, 0.2) is 0 Å². The van der Waals surface area contributed by atoms with Gasteiger partial charge in [-0.25, -0.2) is 4.72 Å². The van der Waals surface area contributed by atoms with E-state index in [-0.39, 0.29) is 24.2 Å². The van der Waals surface area contributed by atoms with E-state index in [0.29, 0.717) is 26.1 Å². The van der Waals surface area contributed by atoms with Gasteiger partial charge in [0.1, 0.15) is 0 Å². The highest BCUT2D eigenvalue weighted by molar-refractivity contribution is 7.87. The molecule has 0 radical (unpaired) electrons. The van der Waals surface area contributed by atoms with Gasteiger partial charge >= 0.3 is 0 Å². The molecule has 0 amide bonds. The predicted molar refractivity (Wildman–Crippen MR) is 74.0 cm³/mol. The molecule has 1 aliphatic heterocycles. The van der Waals surface area contributed by atoms with Gasteiger partial charge in [0.25, 0.3) is 10.2 Å². The molecular formula is C12H26N2O4S. The standard InChI is InChI=1S/C12H26N2O4S/c1-10-7-14(8-11(2)18-10)19(16,17)13-9-12(3,4)5-6-15/h10-11,13,15H,5-9H2,1-4H3. The molecule has 0 aromatic rings. The van der Waals surface area contributed by atoms with Crippen LogP contribution in [0.1, 0.15) is 34.1 Å². The molecule has 1 aliphatic rings. The van der Waals surface area contributed by atoms with Crippen LogP contribution in [0.2, 0.25) is 0 Å². The lowest BCUT2D eigenvalue weighted by Gasteiger charge is -2.35. The molecule has 1 saturated heterocycles. The smallest absolute Gasteiger partial charge is 0.279 e. The predicted octanol–water partition coefficient (Wildman–Crippen LogP) is 0.339. The third kappa shape index (κ3) is 5.35. The van der Waals surface area contributed by atoms with Crippen molar-refractivity contribution in [1.82, 2.24) is 9.03 Å². The number of aliphatic hydroxyl groups is 1. The lowest BCUT2D eigenvalue weighted by molar-refractivity contribution is -0.0444. The van der Waals surface area contributed by atoms with E-state index in [1.54, 1.807) is 0 Å². The Morgan fingerprint density at radius 2 is 1.84 bits per heavy atom. The highest BCUT2D eigenvalue weighted by Crippen LogP contribution is 2.19. The molecule has 1 heterocycles. The molecule has 7 heteroatoms. The molecule has 0 bridgehead atoms. The van der Waals surface area contributed by atoms with Crippen LogP contribution in [0.25, 0.3) is 0 Å². The van der Waals surface area contributed by atoms with Crippen molar-refractivity contribution in [2.45, 2.75) is 46.3 Å². The van der Waals surface area contributed by atoms with Gasteiger partial charge in [0, 0.05) is 26.2 Å². The summed E-state index contributed by atoms with van der Waals surface area (Å²) in [5, 5.41) is 8.95. The van der Waals surface area contributed by atoms with Gasteiger partial charge in [-0.15, -0.1) is 0 Å². The molecule has 0 aliphatic carbocycles. The quantitative estimate of drug-likeness (QED) is 0.740. The SMILES string of the molecule is CC1CN(S(=O)(=O)NCC(C)(C)CCO)CC(C)O1. The Labute approximate surface area is 116 Å². The van der Waals surface area contributed by atoms with E-state index in [9.17, 15) is 8.42 Å². The molecule has 0 aromatic carbocycles. The number of hydrogen-bond acceptors (Lipinski definition) is 4. The average molecular weight is 294 g/mol. The van der Waals surface area contributed by atoms with Crippen LogP contribution < -0.4 is 4.72 Å². The van der Waals surface area contributed by atoms with Crippen LogP contribution in [0.3, 0.4) is 0 Å². The highest BCUT2D eigenvalue weighted by atomic mass is 32.2. The molecular weight excluding hydrogens is 268 g/mol. The maximum Gasteiger partial charge on any atom is 0.279 e. The van der Waals surface area contributed by atoms with Gasteiger partial charge in [-0.05, 0) is 25.7 Å². The van der Waals surface area contributed by atoms with E-state index >= 15 is 0 Å². The average Bonchev–Trinajstić information content (AvgIpc) is 2.25. The van der Waals surface area contributed by atoms with Crippen LogP contribution in [0, 0.1) is 5.41 Å². The summed E-state index contributed by atoms with van der Waals surface area (Å²) < 4.78 is 34.0. The second-order valence-electron chi connectivity index (χ2n) is 6.04. The van der Waals surface area contributed by atoms with Gasteiger partial charge in [0.2, 0.25) is 0 Å². The molecule has 0 aromatic heterocycles. The summed E-state index contributed by atoms with van der Waals surface area (Å²) in [6, 6.07) is 0. The van der Waals surface area contributed by atoms with Crippen LogP contribution in [-0.4, -0.2) is 56.3 Å². The van der Waals surface area contributed by atoms with Gasteiger partial charge in [-0.2, -0.15) is 12.7 Å². The van der Waals surface area contributed by atoms with E-state index in [2.05, 4.69) is 4.72 Å². The topological polar surface area (TPSA) is 78.9 Å². The number of hydrogen-bond donors (Lipinski definition) is 2. The minimum Gasteiger partial charge on any atom is -0.396 e. The van der Waals surface area contributed by atoms with Crippen LogP contribution in [-0.2, 0) is 14.9 Å². The van der Waals surface area contributed by atoms with Gasteiger partial charge in [-0.1, -0.05) is 13.8 Å². The maximum absolute atomic E-state index is 12.2. The van der Waals surface area contributed by atoms with Crippen molar-refractivity contribution in [3.63, 3.8) is 0 Å². The van der Waals surface area contributed by atoms with E-state index < -0.39 is 10.2 Å². The first-order valence-electron chi connectivity index (χ1n) is 6.67. The van der Waals surface area contributed by atoms with Gasteiger partial charge in [0.15, 0.2) is 0 Å². The van der Waals surface area contributed by atoms with Crippen molar-refractivity contribution in [2.24, 2.45) is 5.41 Å². The van der Waals surface area contributed by atoms with E-state index in [0.717, 1.165) is 0 Å². The molecule has 6 nitrogen and oxygen atoms in total. The Balaban J connectivity index is 2.60. The summed E-state index contributed by atoms with van der Waals surface area (Å²) in [6.45, 7) is 8.71. The summed E-state index contributed by atoms with van der Waals surface area (Å²) >= 11 is 0. The first-order valence-corrected chi connectivity index (χ1v) is 8.11. The Bertz CT molecular complexity index is 373. The molecule has 1 rings (SSSR count). The van der Waals surface area contributed by atoms with Crippen molar-refractivity contribution in [3.05, 3.63) is 0 Å². The zero-order valence-electron chi connectivity index (χ0n) is 12.2. The lowest BCUT2D eigenvalue weighted by Crippen LogP contribution is -2.53. The largest absolute Gasteiger partial charge is 0.396 e. The van der Waals surface area contributed by atoms with Crippen LogP contribution in [0.4, 0.5) is 0 Å². The number of morpholine rings is 1. The minimum atomic E-state index is -3.48. The number of aliphatic hydroxyl groups excluding tert-OH is 1. The first kappa shape index (κ1) is 16.8. The van der Waals surface area contributed by atoms with E-state index in [4.69, 9.17) is 9.84 Å². The summed E-state index contributed by atoms with van der Waals surface area (Å²) in [5.41, 5.74) is -0.259. The minimum absolute atomic E-state index is 0.0559. The van der Waals surface area contributed by atoms with Crippen molar-refractivity contribution in [1.29, 1.82) is 0 Å². The van der Waals surface area contributed by atoms with E-state index in [1.165, 1.54) is 4.31 Å². The molecule has 19 heavy (non-hydrogen) atoms. The molecule has 2 N–H and O–H groups in total. The fraction of sp³-hybridized carbons (Fsp3) is 1.00. The van der Waals surface area contributed by atoms with Crippen molar-refractivity contribution in [2.75, 3.05) is 26.2 Å². The Kier molecular flexibility index (Phi) is 5.76. The molecule has 1 fully saturated rings. The Hall–Kier alpha value is -0.210. The zero-order valence-corrected chi connectivity index (χ0v) is 13.0. The lowest BCUT2D eigenvalue weighted by atomic mass is 9.90. The summed E-state index contributed by atoms with van der Waals surface area (Å²) in [5.74, 6) is 0. The van der Waals surface area contributed by atoms with Crippen LogP contribution in [0.5, 0.6) is 0 Å². The monoisotopic (exact) mass is 294 g/mol. The van der Waals surface area contributed by atoms with Crippen molar-refractivity contribution < 1.29 is 18.3 Å². The molecule has 2 unspecified atom stereocenters. The maximum atomic E-state index is 12.2. The normalized spacial score (nSPS) is 26.6. The number of rotatable bonds is 6.